The Labute approximate surface area is 144 Å². The lowest BCUT2D eigenvalue weighted by Gasteiger charge is -2.35. The van der Waals surface area contributed by atoms with Crippen molar-refractivity contribution in [3.63, 3.8) is 0 Å². The van der Waals surface area contributed by atoms with Crippen LogP contribution < -0.4 is 5.73 Å². The minimum absolute atomic E-state index is 0. The van der Waals surface area contributed by atoms with Crippen molar-refractivity contribution in [1.82, 2.24) is 4.90 Å². The van der Waals surface area contributed by atoms with Crippen LogP contribution in [0.25, 0.3) is 0 Å². The van der Waals surface area contributed by atoms with Crippen LogP contribution in [0.5, 0.6) is 0 Å². The fourth-order valence-corrected chi connectivity index (χ4v) is 3.70. The van der Waals surface area contributed by atoms with Gasteiger partial charge in [-0.3, -0.25) is 4.79 Å². The third-order valence-electron chi connectivity index (χ3n) is 4.29. The van der Waals surface area contributed by atoms with Gasteiger partial charge in [-0.2, -0.15) is 0 Å². The Balaban J connectivity index is 0.00000242. The van der Waals surface area contributed by atoms with Gasteiger partial charge in [-0.25, -0.2) is 0 Å². The molecule has 124 valence electrons. The molecule has 3 nitrogen and oxygen atoms in total. The molecule has 1 fully saturated rings. The number of piperidine rings is 1. The molecular formula is C17H27ClN2OS. The van der Waals surface area contributed by atoms with Crippen LogP contribution in [-0.4, -0.2) is 35.2 Å². The summed E-state index contributed by atoms with van der Waals surface area (Å²) in [5.41, 5.74) is 7.23. The first-order chi connectivity index (χ1) is 10.1. The van der Waals surface area contributed by atoms with Crippen molar-refractivity contribution in [2.24, 2.45) is 11.7 Å². The van der Waals surface area contributed by atoms with Crippen LogP contribution in [0, 0.1) is 5.92 Å². The van der Waals surface area contributed by atoms with Crippen molar-refractivity contribution >= 4 is 30.1 Å². The third-order valence-corrected chi connectivity index (χ3v) is 5.49. The van der Waals surface area contributed by atoms with Crippen LogP contribution in [0.3, 0.4) is 0 Å². The fourth-order valence-electron chi connectivity index (χ4n) is 2.77. The summed E-state index contributed by atoms with van der Waals surface area (Å²) in [6.07, 6.45) is 2.08. The monoisotopic (exact) mass is 342 g/mol. The van der Waals surface area contributed by atoms with Gasteiger partial charge >= 0.3 is 0 Å². The van der Waals surface area contributed by atoms with Gasteiger partial charge in [-0.15, -0.1) is 24.2 Å². The Morgan fingerprint density at radius 2 is 1.86 bits per heavy atom. The van der Waals surface area contributed by atoms with E-state index in [1.807, 2.05) is 30.0 Å². The minimum atomic E-state index is 0. The highest BCUT2D eigenvalue weighted by molar-refractivity contribution is 7.99. The minimum Gasteiger partial charge on any atom is -0.342 e. The molecule has 0 radical (unpaired) electrons. The molecule has 0 aromatic heterocycles. The van der Waals surface area contributed by atoms with Gasteiger partial charge in [0.25, 0.3) is 0 Å². The second kappa shape index (κ2) is 9.43. The van der Waals surface area contributed by atoms with Crippen LogP contribution in [0.15, 0.2) is 30.3 Å². The van der Waals surface area contributed by atoms with Crippen molar-refractivity contribution in [3.8, 4) is 0 Å². The zero-order valence-corrected chi connectivity index (χ0v) is 15.0. The topological polar surface area (TPSA) is 46.3 Å². The van der Waals surface area contributed by atoms with Crippen LogP contribution in [0.1, 0.15) is 32.3 Å². The van der Waals surface area contributed by atoms with Crippen LogP contribution >= 0.6 is 24.2 Å². The van der Waals surface area contributed by atoms with E-state index in [4.69, 9.17) is 5.73 Å². The number of likely N-dealkylation sites (tertiary alicyclic amines) is 1. The van der Waals surface area contributed by atoms with Gasteiger partial charge in [-0.05, 0) is 38.2 Å². The van der Waals surface area contributed by atoms with Gasteiger partial charge in [0, 0.05) is 24.9 Å². The van der Waals surface area contributed by atoms with Crippen LogP contribution in [0.2, 0.25) is 0 Å². The van der Waals surface area contributed by atoms with E-state index in [2.05, 4.69) is 19.1 Å². The number of hydrogen-bond donors (Lipinski definition) is 1. The highest BCUT2D eigenvalue weighted by Gasteiger charge is 2.27. The number of carbonyl (C=O) groups excluding carboxylic acids is 1. The summed E-state index contributed by atoms with van der Waals surface area (Å²) in [5, 5.41) is 0.0251. The maximum absolute atomic E-state index is 12.5. The number of carbonyl (C=O) groups is 1. The molecule has 2 atom stereocenters. The van der Waals surface area contributed by atoms with Crippen LogP contribution in [0.4, 0.5) is 0 Å². The smallest absolute Gasteiger partial charge is 0.235 e. The molecule has 2 N–H and O–H groups in total. The van der Waals surface area contributed by atoms with Gasteiger partial charge in [-0.1, -0.05) is 30.3 Å². The van der Waals surface area contributed by atoms with Crippen molar-refractivity contribution in [2.75, 3.05) is 13.1 Å². The van der Waals surface area contributed by atoms with Gasteiger partial charge in [0.1, 0.15) is 0 Å². The van der Waals surface area contributed by atoms with E-state index in [-0.39, 0.29) is 29.6 Å². The average molecular weight is 343 g/mol. The molecule has 0 bridgehead atoms. The number of nitrogens with two attached hydrogens (primary N) is 1. The van der Waals surface area contributed by atoms with E-state index in [0.717, 1.165) is 31.7 Å². The summed E-state index contributed by atoms with van der Waals surface area (Å²) in [7, 11) is 0. The van der Waals surface area contributed by atoms with E-state index < -0.39 is 0 Å². The molecule has 0 saturated carbocycles. The van der Waals surface area contributed by atoms with Crippen molar-refractivity contribution in [2.45, 2.75) is 43.7 Å². The lowest BCUT2D eigenvalue weighted by Crippen LogP contribution is -2.45. The number of thioether (sulfide) groups is 1. The number of halogens is 1. The first kappa shape index (κ1) is 19.3. The van der Waals surface area contributed by atoms with E-state index >= 15 is 0 Å². The standard InChI is InChI=1S/C17H26N2OS.ClH/c1-13(18)16-8-10-19(11-9-16)17(20)14(2)21-12-15-6-4-3-5-7-15;/h3-7,13-14,16H,8-12,18H2,1-2H3;1H. The molecule has 2 unspecified atom stereocenters. The number of hydrogen-bond acceptors (Lipinski definition) is 3. The first-order valence-corrected chi connectivity index (χ1v) is 8.82. The Morgan fingerprint density at radius 1 is 1.27 bits per heavy atom. The Morgan fingerprint density at radius 3 is 2.41 bits per heavy atom. The lowest BCUT2D eigenvalue weighted by atomic mass is 9.91. The van der Waals surface area contributed by atoms with E-state index in [9.17, 15) is 4.79 Å². The normalized spacial score (nSPS) is 18.4. The third kappa shape index (κ3) is 5.49. The van der Waals surface area contributed by atoms with Crippen LogP contribution in [-0.2, 0) is 10.5 Å². The highest BCUT2D eigenvalue weighted by atomic mass is 35.5. The average Bonchev–Trinajstić information content (AvgIpc) is 2.53. The Kier molecular flexibility index (Phi) is 8.29. The summed E-state index contributed by atoms with van der Waals surface area (Å²) < 4.78 is 0. The molecule has 5 heteroatoms. The van der Waals surface area contributed by atoms with Gasteiger partial charge < -0.3 is 10.6 Å². The molecule has 1 amide bonds. The summed E-state index contributed by atoms with van der Waals surface area (Å²) in [6.45, 7) is 5.82. The number of nitrogens with zero attached hydrogens (tertiary/aromatic N) is 1. The summed E-state index contributed by atoms with van der Waals surface area (Å²) in [4.78, 5) is 14.5. The molecule has 1 aromatic rings. The van der Waals surface area contributed by atoms with Gasteiger partial charge in [0.15, 0.2) is 0 Å². The van der Waals surface area contributed by atoms with Crippen molar-refractivity contribution in [3.05, 3.63) is 35.9 Å². The number of amides is 1. The number of rotatable bonds is 5. The molecule has 1 heterocycles. The second-order valence-corrected chi connectivity index (χ2v) is 7.29. The molecule has 2 rings (SSSR count). The molecular weight excluding hydrogens is 316 g/mol. The Hall–Kier alpha value is -0.710. The molecule has 1 aliphatic heterocycles. The fraction of sp³-hybridized carbons (Fsp3) is 0.588. The largest absolute Gasteiger partial charge is 0.342 e. The van der Waals surface area contributed by atoms with E-state index in [1.54, 1.807) is 11.8 Å². The van der Waals surface area contributed by atoms with Gasteiger partial charge in [0.2, 0.25) is 5.91 Å². The van der Waals surface area contributed by atoms with Crippen molar-refractivity contribution < 1.29 is 4.79 Å². The molecule has 1 saturated heterocycles. The van der Waals surface area contributed by atoms with Gasteiger partial charge in [0.05, 0.1) is 5.25 Å². The Bertz CT molecular complexity index is 447. The molecule has 0 spiro atoms. The first-order valence-electron chi connectivity index (χ1n) is 7.78. The molecule has 22 heavy (non-hydrogen) atoms. The molecule has 0 aliphatic carbocycles. The maximum atomic E-state index is 12.5. The quantitative estimate of drug-likeness (QED) is 0.892. The van der Waals surface area contributed by atoms with E-state index in [0.29, 0.717) is 5.92 Å². The molecule has 1 aromatic carbocycles. The summed E-state index contributed by atoms with van der Waals surface area (Å²) in [5.74, 6) is 1.74. The SMILES string of the molecule is CC(SCc1ccccc1)C(=O)N1CCC(C(C)N)CC1.Cl. The zero-order valence-electron chi connectivity index (χ0n) is 13.4. The second-order valence-electron chi connectivity index (χ2n) is 5.96. The highest BCUT2D eigenvalue weighted by Crippen LogP contribution is 2.24. The van der Waals surface area contributed by atoms with Crippen molar-refractivity contribution in [1.29, 1.82) is 0 Å². The number of benzene rings is 1. The summed E-state index contributed by atoms with van der Waals surface area (Å²) >= 11 is 1.72. The van der Waals surface area contributed by atoms with E-state index in [1.165, 1.54) is 5.56 Å². The summed E-state index contributed by atoms with van der Waals surface area (Å²) in [6, 6.07) is 10.6. The maximum Gasteiger partial charge on any atom is 0.235 e. The molecule has 1 aliphatic rings. The predicted octanol–water partition coefficient (Wildman–Crippen LogP) is 3.32. The lowest BCUT2D eigenvalue weighted by molar-refractivity contribution is -0.131. The predicted molar refractivity (Wildman–Crippen MR) is 97.4 cm³/mol. The zero-order chi connectivity index (χ0) is 15.2.